The highest BCUT2D eigenvalue weighted by atomic mass is 35.5. The Bertz CT molecular complexity index is 290. The minimum atomic E-state index is 0. The summed E-state index contributed by atoms with van der Waals surface area (Å²) >= 11 is 0. The number of aryl methyl sites for hydroxylation is 1. The molecular weight excluding hydrogens is 224 g/mol. The summed E-state index contributed by atoms with van der Waals surface area (Å²) in [5.74, 6) is 0.104. The molecule has 0 aliphatic carbocycles. The lowest BCUT2D eigenvalue weighted by Gasteiger charge is -2.03. The van der Waals surface area contributed by atoms with E-state index < -0.39 is 0 Å². The first kappa shape index (κ1) is 14.9. The van der Waals surface area contributed by atoms with E-state index in [2.05, 4.69) is 5.32 Å². The van der Waals surface area contributed by atoms with Gasteiger partial charge in [-0.1, -0.05) is 30.3 Å². The Morgan fingerprint density at radius 3 is 2.56 bits per heavy atom. The third kappa shape index (κ3) is 6.43. The van der Waals surface area contributed by atoms with E-state index in [9.17, 15) is 4.79 Å². The number of rotatable bonds is 6. The third-order valence-electron chi connectivity index (χ3n) is 2.19. The number of nitrogens with two attached hydrogens (primary N) is 1. The third-order valence-corrected chi connectivity index (χ3v) is 2.19. The normalized spacial score (nSPS) is 9.31. The van der Waals surface area contributed by atoms with Crippen LogP contribution in [0.2, 0.25) is 0 Å². The number of amides is 1. The van der Waals surface area contributed by atoms with Crippen LogP contribution in [0.3, 0.4) is 0 Å². The zero-order valence-electron chi connectivity index (χ0n) is 9.32. The SMILES string of the molecule is Cl.NCCCNC(=O)CCc1ccccc1. The second-order valence-electron chi connectivity index (χ2n) is 3.48. The van der Waals surface area contributed by atoms with Crippen LogP contribution in [-0.2, 0) is 11.2 Å². The Morgan fingerprint density at radius 1 is 1.25 bits per heavy atom. The number of hydrogen-bond donors (Lipinski definition) is 2. The van der Waals surface area contributed by atoms with Crippen molar-refractivity contribution in [1.29, 1.82) is 0 Å². The van der Waals surface area contributed by atoms with Crippen LogP contribution in [0.4, 0.5) is 0 Å². The van der Waals surface area contributed by atoms with Gasteiger partial charge in [0.05, 0.1) is 0 Å². The predicted octanol–water partition coefficient (Wildman–Crippen LogP) is 1.51. The monoisotopic (exact) mass is 242 g/mol. The molecule has 0 atom stereocenters. The van der Waals surface area contributed by atoms with Gasteiger partial charge in [0, 0.05) is 13.0 Å². The van der Waals surface area contributed by atoms with Gasteiger partial charge in [-0.05, 0) is 24.9 Å². The van der Waals surface area contributed by atoms with Crippen molar-refractivity contribution in [3.05, 3.63) is 35.9 Å². The molecule has 0 radical (unpaired) electrons. The van der Waals surface area contributed by atoms with Crippen molar-refractivity contribution in [3.8, 4) is 0 Å². The molecule has 3 nitrogen and oxygen atoms in total. The van der Waals surface area contributed by atoms with Crippen LogP contribution in [0.1, 0.15) is 18.4 Å². The molecule has 16 heavy (non-hydrogen) atoms. The standard InChI is InChI=1S/C12H18N2O.ClH/c13-9-4-10-14-12(15)8-7-11-5-2-1-3-6-11;/h1-3,5-6H,4,7-10,13H2,(H,14,15);1H. The maximum Gasteiger partial charge on any atom is 0.220 e. The van der Waals surface area contributed by atoms with Crippen LogP contribution in [-0.4, -0.2) is 19.0 Å². The van der Waals surface area contributed by atoms with E-state index in [1.165, 1.54) is 5.56 Å². The van der Waals surface area contributed by atoms with E-state index in [0.717, 1.165) is 12.8 Å². The van der Waals surface area contributed by atoms with Crippen LogP contribution in [0.15, 0.2) is 30.3 Å². The van der Waals surface area contributed by atoms with Gasteiger partial charge in [0.2, 0.25) is 5.91 Å². The summed E-state index contributed by atoms with van der Waals surface area (Å²) in [6.07, 6.45) is 2.20. The summed E-state index contributed by atoms with van der Waals surface area (Å²) in [7, 11) is 0. The minimum absolute atomic E-state index is 0. The molecule has 0 heterocycles. The number of nitrogens with one attached hydrogen (secondary N) is 1. The van der Waals surface area contributed by atoms with E-state index in [1.54, 1.807) is 0 Å². The zero-order valence-corrected chi connectivity index (χ0v) is 10.1. The summed E-state index contributed by atoms with van der Waals surface area (Å²) in [6, 6.07) is 10.0. The second kappa shape index (κ2) is 9.19. The van der Waals surface area contributed by atoms with Gasteiger partial charge in [0.15, 0.2) is 0 Å². The Labute approximate surface area is 103 Å². The van der Waals surface area contributed by atoms with Crippen molar-refractivity contribution in [1.82, 2.24) is 5.32 Å². The Morgan fingerprint density at radius 2 is 1.94 bits per heavy atom. The van der Waals surface area contributed by atoms with Gasteiger partial charge in [-0.25, -0.2) is 0 Å². The summed E-state index contributed by atoms with van der Waals surface area (Å²) < 4.78 is 0. The molecule has 0 aliphatic heterocycles. The van der Waals surface area contributed by atoms with E-state index in [0.29, 0.717) is 19.5 Å². The predicted molar refractivity (Wildman–Crippen MR) is 68.7 cm³/mol. The maximum absolute atomic E-state index is 11.3. The highest BCUT2D eigenvalue weighted by Gasteiger charge is 2.00. The molecule has 1 amide bonds. The van der Waals surface area contributed by atoms with Gasteiger partial charge in [0.25, 0.3) is 0 Å². The fourth-order valence-corrected chi connectivity index (χ4v) is 1.32. The molecule has 1 aromatic carbocycles. The Balaban J connectivity index is 0.00000225. The number of halogens is 1. The first-order valence-corrected chi connectivity index (χ1v) is 5.33. The lowest BCUT2D eigenvalue weighted by Crippen LogP contribution is -2.26. The average molecular weight is 243 g/mol. The maximum atomic E-state index is 11.3. The molecule has 0 aromatic heterocycles. The summed E-state index contributed by atoms with van der Waals surface area (Å²) in [5.41, 5.74) is 6.53. The Hall–Kier alpha value is -1.06. The lowest BCUT2D eigenvalue weighted by molar-refractivity contribution is -0.121. The van der Waals surface area contributed by atoms with Crippen LogP contribution in [0.25, 0.3) is 0 Å². The minimum Gasteiger partial charge on any atom is -0.356 e. The molecule has 1 rings (SSSR count). The van der Waals surface area contributed by atoms with E-state index in [4.69, 9.17) is 5.73 Å². The molecule has 1 aromatic rings. The van der Waals surface area contributed by atoms with Crippen LogP contribution < -0.4 is 11.1 Å². The van der Waals surface area contributed by atoms with Crippen molar-refractivity contribution in [2.45, 2.75) is 19.3 Å². The first-order valence-electron chi connectivity index (χ1n) is 5.33. The van der Waals surface area contributed by atoms with E-state index >= 15 is 0 Å². The largest absolute Gasteiger partial charge is 0.356 e. The molecule has 0 saturated carbocycles. The van der Waals surface area contributed by atoms with Crippen LogP contribution in [0.5, 0.6) is 0 Å². The van der Waals surface area contributed by atoms with Gasteiger partial charge in [-0.3, -0.25) is 4.79 Å². The fraction of sp³-hybridized carbons (Fsp3) is 0.417. The molecule has 0 saturated heterocycles. The molecule has 0 bridgehead atoms. The van der Waals surface area contributed by atoms with Gasteiger partial charge in [-0.2, -0.15) is 0 Å². The van der Waals surface area contributed by atoms with Gasteiger partial charge in [0.1, 0.15) is 0 Å². The van der Waals surface area contributed by atoms with E-state index in [-0.39, 0.29) is 18.3 Å². The average Bonchev–Trinajstić information content (AvgIpc) is 2.28. The molecule has 0 aliphatic rings. The highest BCUT2D eigenvalue weighted by Crippen LogP contribution is 2.01. The van der Waals surface area contributed by atoms with Crippen molar-refractivity contribution in [2.75, 3.05) is 13.1 Å². The number of carbonyl (C=O) groups excluding carboxylic acids is 1. The van der Waals surface area contributed by atoms with Gasteiger partial charge < -0.3 is 11.1 Å². The number of hydrogen-bond acceptors (Lipinski definition) is 2. The molecule has 4 heteroatoms. The second-order valence-corrected chi connectivity index (χ2v) is 3.48. The smallest absolute Gasteiger partial charge is 0.220 e. The molecule has 0 spiro atoms. The van der Waals surface area contributed by atoms with E-state index in [1.807, 2.05) is 30.3 Å². The van der Waals surface area contributed by atoms with Crippen molar-refractivity contribution >= 4 is 18.3 Å². The summed E-state index contributed by atoms with van der Waals surface area (Å²) in [6.45, 7) is 1.31. The first-order chi connectivity index (χ1) is 7.33. The van der Waals surface area contributed by atoms with Crippen molar-refractivity contribution in [3.63, 3.8) is 0 Å². The number of carbonyl (C=O) groups is 1. The molecule has 90 valence electrons. The summed E-state index contributed by atoms with van der Waals surface area (Å²) in [5, 5.41) is 2.83. The quantitative estimate of drug-likeness (QED) is 0.743. The van der Waals surface area contributed by atoms with Crippen molar-refractivity contribution < 1.29 is 4.79 Å². The Kier molecular flexibility index (Phi) is 8.58. The number of benzene rings is 1. The molecule has 0 unspecified atom stereocenters. The van der Waals surface area contributed by atoms with Crippen LogP contribution >= 0.6 is 12.4 Å². The highest BCUT2D eigenvalue weighted by molar-refractivity contribution is 5.85. The van der Waals surface area contributed by atoms with Gasteiger partial charge in [-0.15, -0.1) is 12.4 Å². The van der Waals surface area contributed by atoms with Crippen molar-refractivity contribution in [2.24, 2.45) is 5.73 Å². The lowest BCUT2D eigenvalue weighted by atomic mass is 10.1. The van der Waals surface area contributed by atoms with Crippen LogP contribution in [0, 0.1) is 0 Å². The van der Waals surface area contributed by atoms with Gasteiger partial charge >= 0.3 is 0 Å². The summed E-state index contributed by atoms with van der Waals surface area (Å²) in [4.78, 5) is 11.3. The molecule has 3 N–H and O–H groups in total. The molecule has 0 fully saturated rings. The zero-order chi connectivity index (χ0) is 10.9. The topological polar surface area (TPSA) is 55.1 Å². The molecular formula is C12H19ClN2O. The fourth-order valence-electron chi connectivity index (χ4n) is 1.32.